The number of rotatable bonds is 7. The van der Waals surface area contributed by atoms with E-state index < -0.39 is 0 Å². The summed E-state index contributed by atoms with van der Waals surface area (Å²) in [5, 5.41) is 4.51. The topological polar surface area (TPSA) is 42.9 Å². The molecule has 0 bridgehead atoms. The average Bonchev–Trinajstić information content (AvgIpc) is 2.66. The van der Waals surface area contributed by atoms with Crippen LogP contribution in [0.5, 0.6) is 0 Å². The molecule has 0 amide bonds. The minimum absolute atomic E-state index is 0.223. The molecule has 4 nitrogen and oxygen atoms in total. The van der Waals surface area contributed by atoms with Gasteiger partial charge in [0.05, 0.1) is 26.4 Å². The lowest BCUT2D eigenvalue weighted by Crippen LogP contribution is -2.39. The minimum atomic E-state index is 0.223. The Hall–Kier alpha value is -0.260. The molecule has 16 heavy (non-hydrogen) atoms. The van der Waals surface area contributed by atoms with Gasteiger partial charge in [-0.25, -0.2) is 0 Å². The maximum absolute atomic E-state index is 5.34. The Morgan fingerprint density at radius 2 is 2.25 bits per heavy atom. The number of amidine groups is 1. The van der Waals surface area contributed by atoms with Gasteiger partial charge < -0.3 is 14.8 Å². The van der Waals surface area contributed by atoms with Crippen molar-refractivity contribution in [3.63, 3.8) is 0 Å². The van der Waals surface area contributed by atoms with Crippen molar-refractivity contribution in [3.05, 3.63) is 0 Å². The van der Waals surface area contributed by atoms with Crippen LogP contribution in [0.3, 0.4) is 0 Å². The molecule has 1 aliphatic heterocycles. The minimum Gasteiger partial charge on any atom is -0.382 e. The van der Waals surface area contributed by atoms with E-state index in [4.69, 9.17) is 9.47 Å². The first-order chi connectivity index (χ1) is 7.70. The first kappa shape index (κ1) is 13.8. The van der Waals surface area contributed by atoms with Crippen molar-refractivity contribution in [2.45, 2.75) is 25.8 Å². The van der Waals surface area contributed by atoms with E-state index in [-0.39, 0.29) is 5.54 Å². The van der Waals surface area contributed by atoms with Crippen molar-refractivity contribution < 1.29 is 9.47 Å². The standard InChI is InChI=1S/C11H22N2O2S/c1-4-11(2)9-16-10(13-11)12-5-6-15-8-7-14-3/h4-9H2,1-3H3,(H,12,13). The second-order valence-corrected chi connectivity index (χ2v) is 5.08. The van der Waals surface area contributed by atoms with Gasteiger partial charge in [0.2, 0.25) is 0 Å². The van der Waals surface area contributed by atoms with E-state index in [2.05, 4.69) is 24.2 Å². The number of hydrogen-bond donors (Lipinski definition) is 1. The highest BCUT2D eigenvalue weighted by Gasteiger charge is 2.30. The molecule has 0 aromatic carbocycles. The van der Waals surface area contributed by atoms with E-state index in [0.29, 0.717) is 19.8 Å². The van der Waals surface area contributed by atoms with Crippen molar-refractivity contribution in [1.82, 2.24) is 5.32 Å². The Morgan fingerprint density at radius 1 is 1.44 bits per heavy atom. The molecule has 0 radical (unpaired) electrons. The van der Waals surface area contributed by atoms with Gasteiger partial charge in [-0.3, -0.25) is 4.99 Å². The fourth-order valence-corrected chi connectivity index (χ4v) is 2.52. The summed E-state index contributed by atoms with van der Waals surface area (Å²) in [7, 11) is 1.67. The lowest BCUT2D eigenvalue weighted by atomic mass is 10.0. The number of ether oxygens (including phenoxy) is 2. The third-order valence-electron chi connectivity index (χ3n) is 2.64. The van der Waals surface area contributed by atoms with Crippen LogP contribution in [0.4, 0.5) is 0 Å². The van der Waals surface area contributed by atoms with Crippen molar-refractivity contribution >= 4 is 16.9 Å². The largest absolute Gasteiger partial charge is 0.382 e. The highest BCUT2D eigenvalue weighted by molar-refractivity contribution is 8.14. The highest BCUT2D eigenvalue weighted by atomic mass is 32.2. The molecule has 0 aromatic rings. The van der Waals surface area contributed by atoms with E-state index >= 15 is 0 Å². The molecule has 1 N–H and O–H groups in total. The molecule has 94 valence electrons. The SMILES string of the molecule is CCC1(C)CSC(=NCCOCCOC)N1. The number of nitrogens with one attached hydrogen (secondary N) is 1. The second kappa shape index (κ2) is 7.14. The van der Waals surface area contributed by atoms with Crippen molar-refractivity contribution in [2.75, 3.05) is 39.2 Å². The fourth-order valence-electron chi connectivity index (χ4n) is 1.29. The Labute approximate surface area is 102 Å². The summed E-state index contributed by atoms with van der Waals surface area (Å²) in [5.74, 6) is 1.10. The molecular formula is C11H22N2O2S. The Kier molecular flexibility index (Phi) is 6.16. The molecule has 0 aliphatic carbocycles. The van der Waals surface area contributed by atoms with Crippen molar-refractivity contribution in [2.24, 2.45) is 4.99 Å². The molecule has 0 spiro atoms. The molecule has 5 heteroatoms. The summed E-state index contributed by atoms with van der Waals surface area (Å²) in [5.41, 5.74) is 0.223. The van der Waals surface area contributed by atoms with Crippen LogP contribution in [0.15, 0.2) is 4.99 Å². The zero-order valence-corrected chi connectivity index (χ0v) is 11.2. The van der Waals surface area contributed by atoms with E-state index in [9.17, 15) is 0 Å². The number of methoxy groups -OCH3 is 1. The van der Waals surface area contributed by atoms with Crippen LogP contribution in [-0.4, -0.2) is 49.9 Å². The average molecular weight is 246 g/mol. The summed E-state index contributed by atoms with van der Waals surface area (Å²) in [4.78, 5) is 4.47. The van der Waals surface area contributed by atoms with E-state index in [1.165, 1.54) is 0 Å². The summed E-state index contributed by atoms with van der Waals surface area (Å²) in [6, 6.07) is 0. The predicted octanol–water partition coefficient (Wildman–Crippen LogP) is 1.51. The first-order valence-electron chi connectivity index (χ1n) is 5.72. The van der Waals surface area contributed by atoms with E-state index in [1.807, 2.05) is 0 Å². The molecule has 1 saturated heterocycles. The first-order valence-corrected chi connectivity index (χ1v) is 6.71. The summed E-state index contributed by atoms with van der Waals surface area (Å²) >= 11 is 1.80. The zero-order chi connectivity index (χ0) is 11.9. The zero-order valence-electron chi connectivity index (χ0n) is 10.4. The number of thioether (sulfide) groups is 1. The maximum Gasteiger partial charge on any atom is 0.157 e. The molecule has 0 saturated carbocycles. The van der Waals surface area contributed by atoms with Crippen LogP contribution in [0.1, 0.15) is 20.3 Å². The monoisotopic (exact) mass is 246 g/mol. The van der Waals surface area contributed by atoms with Crippen LogP contribution in [0, 0.1) is 0 Å². The van der Waals surface area contributed by atoms with Gasteiger partial charge >= 0.3 is 0 Å². The lowest BCUT2D eigenvalue weighted by Gasteiger charge is -2.20. The molecule has 1 fully saturated rings. The van der Waals surface area contributed by atoms with Crippen molar-refractivity contribution in [1.29, 1.82) is 0 Å². The van der Waals surface area contributed by atoms with Crippen LogP contribution in [0.2, 0.25) is 0 Å². The van der Waals surface area contributed by atoms with Gasteiger partial charge in [0.25, 0.3) is 0 Å². The van der Waals surface area contributed by atoms with Crippen LogP contribution in [-0.2, 0) is 9.47 Å². The molecule has 1 aliphatic rings. The number of hydrogen-bond acceptors (Lipinski definition) is 4. The van der Waals surface area contributed by atoms with Gasteiger partial charge in [0.1, 0.15) is 0 Å². The fraction of sp³-hybridized carbons (Fsp3) is 0.909. The van der Waals surface area contributed by atoms with Gasteiger partial charge in [0, 0.05) is 18.4 Å². The molecule has 1 unspecified atom stereocenters. The Morgan fingerprint density at radius 3 is 2.88 bits per heavy atom. The lowest BCUT2D eigenvalue weighted by molar-refractivity contribution is 0.0748. The number of aliphatic imine (C=N–C) groups is 1. The Balaban J connectivity index is 2.12. The molecule has 1 heterocycles. The highest BCUT2D eigenvalue weighted by Crippen LogP contribution is 2.25. The van der Waals surface area contributed by atoms with Gasteiger partial charge in [0.15, 0.2) is 5.17 Å². The van der Waals surface area contributed by atoms with E-state index in [0.717, 1.165) is 23.9 Å². The molecular weight excluding hydrogens is 224 g/mol. The summed E-state index contributed by atoms with van der Waals surface area (Å²) < 4.78 is 10.2. The molecule has 1 rings (SSSR count). The predicted molar refractivity (Wildman–Crippen MR) is 69.3 cm³/mol. The van der Waals surface area contributed by atoms with Crippen molar-refractivity contribution in [3.8, 4) is 0 Å². The van der Waals surface area contributed by atoms with Crippen LogP contribution in [0.25, 0.3) is 0 Å². The third kappa shape index (κ3) is 4.72. The van der Waals surface area contributed by atoms with Gasteiger partial charge in [-0.1, -0.05) is 18.7 Å². The molecule has 1 atom stereocenters. The van der Waals surface area contributed by atoms with Crippen LogP contribution >= 0.6 is 11.8 Å². The van der Waals surface area contributed by atoms with Crippen LogP contribution < -0.4 is 5.32 Å². The van der Waals surface area contributed by atoms with Gasteiger partial charge in [-0.15, -0.1) is 0 Å². The summed E-state index contributed by atoms with van der Waals surface area (Å²) in [6.45, 7) is 7.12. The van der Waals surface area contributed by atoms with Gasteiger partial charge in [-0.05, 0) is 13.3 Å². The van der Waals surface area contributed by atoms with E-state index in [1.54, 1.807) is 18.9 Å². The third-order valence-corrected chi connectivity index (χ3v) is 3.93. The quantitative estimate of drug-likeness (QED) is 0.692. The second-order valence-electron chi connectivity index (χ2n) is 4.12. The normalized spacial score (nSPS) is 27.3. The van der Waals surface area contributed by atoms with Gasteiger partial charge in [-0.2, -0.15) is 0 Å². The molecule has 0 aromatic heterocycles. The maximum atomic E-state index is 5.34. The number of nitrogens with zero attached hydrogens (tertiary/aromatic N) is 1. The Bertz CT molecular complexity index is 236. The smallest absolute Gasteiger partial charge is 0.157 e. The summed E-state index contributed by atoms with van der Waals surface area (Å²) in [6.07, 6.45) is 1.13.